The van der Waals surface area contributed by atoms with Gasteiger partial charge in [-0.3, -0.25) is 14.7 Å². The average Bonchev–Trinajstić information content (AvgIpc) is 2.90. The molecule has 2 bridgehead atoms. The standard InChI is InChI=1S/C21H25N3O3/c1-14-20-16(13-27-19-4-3-9-22-11-19)10-17(23(20)2)12-24(14)21(26)15-5-7-18(25)8-6-15/h3-9,11,14,16-17,20,25H,10,12-13H2,1-2H3/t14?,16-,17-,20-/m1/s1. The van der Waals surface area contributed by atoms with Crippen LogP contribution in [0.4, 0.5) is 0 Å². The van der Waals surface area contributed by atoms with Gasteiger partial charge in [-0.2, -0.15) is 0 Å². The van der Waals surface area contributed by atoms with E-state index in [0.29, 0.717) is 24.1 Å². The Morgan fingerprint density at radius 2 is 2.07 bits per heavy atom. The first-order chi connectivity index (χ1) is 13.0. The van der Waals surface area contributed by atoms with Crippen molar-refractivity contribution >= 4 is 5.91 Å². The van der Waals surface area contributed by atoms with Gasteiger partial charge in [-0.05, 0) is 56.8 Å². The molecular weight excluding hydrogens is 342 g/mol. The van der Waals surface area contributed by atoms with Crippen LogP contribution in [-0.4, -0.2) is 64.1 Å². The number of carbonyl (C=O) groups excluding carboxylic acids is 1. The first kappa shape index (κ1) is 17.8. The van der Waals surface area contributed by atoms with E-state index >= 15 is 0 Å². The fourth-order valence-electron chi connectivity index (χ4n) is 4.59. The molecule has 1 amide bonds. The highest BCUT2D eigenvalue weighted by Crippen LogP contribution is 2.38. The number of benzene rings is 1. The van der Waals surface area contributed by atoms with Gasteiger partial charge in [-0.25, -0.2) is 0 Å². The van der Waals surface area contributed by atoms with Crippen LogP contribution in [0.2, 0.25) is 0 Å². The van der Waals surface area contributed by atoms with Crippen LogP contribution in [0.1, 0.15) is 23.7 Å². The number of hydrogen-bond donors (Lipinski definition) is 1. The number of phenols is 1. The molecule has 0 aliphatic carbocycles. The quantitative estimate of drug-likeness (QED) is 0.899. The van der Waals surface area contributed by atoms with Crippen LogP contribution >= 0.6 is 0 Å². The number of carbonyl (C=O) groups is 1. The zero-order chi connectivity index (χ0) is 19.0. The summed E-state index contributed by atoms with van der Waals surface area (Å²) in [7, 11) is 2.15. The molecule has 6 nitrogen and oxygen atoms in total. The van der Waals surface area contributed by atoms with Gasteiger partial charge < -0.3 is 14.7 Å². The third-order valence-corrected chi connectivity index (χ3v) is 5.97. The molecule has 0 spiro atoms. The van der Waals surface area contributed by atoms with Crippen LogP contribution in [0.5, 0.6) is 11.5 Å². The lowest BCUT2D eigenvalue weighted by Gasteiger charge is -2.45. The van der Waals surface area contributed by atoms with Gasteiger partial charge >= 0.3 is 0 Å². The molecule has 1 aromatic heterocycles. The number of likely N-dealkylation sites (tertiary alicyclic amines) is 1. The van der Waals surface area contributed by atoms with Crippen molar-refractivity contribution in [3.8, 4) is 11.5 Å². The Labute approximate surface area is 159 Å². The summed E-state index contributed by atoms with van der Waals surface area (Å²) in [5.74, 6) is 1.35. The van der Waals surface area contributed by atoms with E-state index in [2.05, 4.69) is 23.9 Å². The van der Waals surface area contributed by atoms with Gasteiger partial charge in [0.25, 0.3) is 5.91 Å². The molecule has 27 heavy (non-hydrogen) atoms. The van der Waals surface area contributed by atoms with E-state index in [4.69, 9.17) is 4.74 Å². The van der Waals surface area contributed by atoms with Crippen LogP contribution in [-0.2, 0) is 0 Å². The first-order valence-electron chi connectivity index (χ1n) is 9.39. The highest BCUT2D eigenvalue weighted by atomic mass is 16.5. The smallest absolute Gasteiger partial charge is 0.254 e. The number of amides is 1. The third kappa shape index (κ3) is 3.37. The average molecular weight is 367 g/mol. The highest BCUT2D eigenvalue weighted by molar-refractivity contribution is 5.94. The van der Waals surface area contributed by atoms with Gasteiger partial charge in [-0.1, -0.05) is 0 Å². The van der Waals surface area contributed by atoms with Crippen LogP contribution in [0.15, 0.2) is 48.8 Å². The number of nitrogens with zero attached hydrogens (tertiary/aromatic N) is 3. The predicted molar refractivity (Wildman–Crippen MR) is 102 cm³/mol. The maximum absolute atomic E-state index is 13.0. The van der Waals surface area contributed by atoms with Gasteiger partial charge in [0.15, 0.2) is 0 Å². The second-order valence-electron chi connectivity index (χ2n) is 7.55. The lowest BCUT2D eigenvalue weighted by atomic mass is 9.95. The summed E-state index contributed by atoms with van der Waals surface area (Å²) in [6.07, 6.45) is 4.48. The van der Waals surface area contributed by atoms with E-state index in [-0.39, 0.29) is 23.7 Å². The number of rotatable bonds is 4. The second kappa shape index (κ2) is 7.19. The summed E-state index contributed by atoms with van der Waals surface area (Å²) in [5.41, 5.74) is 0.617. The maximum atomic E-state index is 13.0. The summed E-state index contributed by atoms with van der Waals surface area (Å²) >= 11 is 0. The molecule has 2 fully saturated rings. The monoisotopic (exact) mass is 367 g/mol. The van der Waals surface area contributed by atoms with Crippen LogP contribution in [0, 0.1) is 5.92 Å². The molecule has 2 aliphatic heterocycles. The molecule has 0 saturated carbocycles. The van der Waals surface area contributed by atoms with Crippen molar-refractivity contribution in [1.29, 1.82) is 0 Å². The van der Waals surface area contributed by atoms with Crippen molar-refractivity contribution in [2.75, 3.05) is 20.2 Å². The maximum Gasteiger partial charge on any atom is 0.254 e. The van der Waals surface area contributed by atoms with E-state index < -0.39 is 0 Å². The van der Waals surface area contributed by atoms with Gasteiger partial charge in [0.2, 0.25) is 0 Å². The molecule has 2 aliphatic rings. The summed E-state index contributed by atoms with van der Waals surface area (Å²) < 4.78 is 5.97. The number of likely N-dealkylation sites (N-methyl/N-ethyl adjacent to an activating group) is 1. The Bertz CT molecular complexity index is 796. The van der Waals surface area contributed by atoms with Crippen molar-refractivity contribution in [1.82, 2.24) is 14.8 Å². The largest absolute Gasteiger partial charge is 0.508 e. The lowest BCUT2D eigenvalue weighted by Crippen LogP contribution is -2.60. The minimum atomic E-state index is 0.0272. The van der Waals surface area contributed by atoms with Crippen molar-refractivity contribution in [2.45, 2.75) is 31.5 Å². The second-order valence-corrected chi connectivity index (χ2v) is 7.55. The Morgan fingerprint density at radius 1 is 1.30 bits per heavy atom. The molecule has 1 unspecified atom stereocenters. The van der Waals surface area contributed by atoms with Crippen LogP contribution < -0.4 is 4.74 Å². The fourth-order valence-corrected chi connectivity index (χ4v) is 4.59. The summed E-state index contributed by atoms with van der Waals surface area (Å²) in [5, 5.41) is 9.47. The number of hydrogen-bond acceptors (Lipinski definition) is 5. The van der Waals surface area contributed by atoms with Crippen molar-refractivity contribution in [3.63, 3.8) is 0 Å². The molecule has 142 valence electrons. The van der Waals surface area contributed by atoms with Crippen molar-refractivity contribution in [3.05, 3.63) is 54.4 Å². The van der Waals surface area contributed by atoms with Gasteiger partial charge in [-0.15, -0.1) is 0 Å². The fraction of sp³-hybridized carbons (Fsp3) is 0.429. The first-order valence-corrected chi connectivity index (χ1v) is 9.39. The minimum absolute atomic E-state index is 0.0272. The molecule has 1 aromatic carbocycles. The van der Waals surface area contributed by atoms with Gasteiger partial charge in [0, 0.05) is 42.3 Å². The Kier molecular flexibility index (Phi) is 4.74. The Balaban J connectivity index is 1.48. The lowest BCUT2D eigenvalue weighted by molar-refractivity contribution is 0.0224. The van der Waals surface area contributed by atoms with Crippen molar-refractivity contribution < 1.29 is 14.6 Å². The van der Waals surface area contributed by atoms with Crippen LogP contribution in [0.3, 0.4) is 0 Å². The normalized spacial score (nSPS) is 27.6. The zero-order valence-corrected chi connectivity index (χ0v) is 15.7. The SMILES string of the molecule is CC1[C@@H]2[C@@H](COc3cccnc3)C[C@H](CN1C(=O)c1ccc(O)cc1)N2C. The van der Waals surface area contributed by atoms with Gasteiger partial charge in [0.1, 0.15) is 11.5 Å². The predicted octanol–water partition coefficient (Wildman–Crippen LogP) is 2.40. The Morgan fingerprint density at radius 3 is 2.78 bits per heavy atom. The number of fused-ring (bicyclic) bond motifs is 2. The van der Waals surface area contributed by atoms with E-state index in [1.165, 1.54) is 0 Å². The molecule has 6 heteroatoms. The number of pyridine rings is 1. The number of piperazine rings is 1. The molecule has 2 aromatic rings. The molecule has 1 N–H and O–H groups in total. The molecular formula is C21H25N3O3. The molecule has 4 atom stereocenters. The Hall–Kier alpha value is -2.60. The highest BCUT2D eigenvalue weighted by Gasteiger charge is 2.49. The summed E-state index contributed by atoms with van der Waals surface area (Å²) in [6.45, 7) is 3.47. The third-order valence-electron chi connectivity index (χ3n) is 5.97. The molecule has 3 heterocycles. The molecule has 2 saturated heterocycles. The molecule has 4 rings (SSSR count). The minimum Gasteiger partial charge on any atom is -0.508 e. The van der Waals surface area contributed by atoms with Crippen LogP contribution in [0.25, 0.3) is 0 Å². The molecule has 0 radical (unpaired) electrons. The summed E-state index contributed by atoms with van der Waals surface area (Å²) in [6, 6.07) is 11.0. The number of aromatic nitrogens is 1. The van der Waals surface area contributed by atoms with E-state index in [9.17, 15) is 9.90 Å². The number of phenolic OH excluding ortho intramolecular Hbond substituents is 1. The number of ether oxygens (including phenoxy) is 1. The van der Waals surface area contributed by atoms with E-state index in [0.717, 1.165) is 18.7 Å². The van der Waals surface area contributed by atoms with E-state index in [1.807, 2.05) is 17.0 Å². The van der Waals surface area contributed by atoms with Crippen molar-refractivity contribution in [2.24, 2.45) is 5.92 Å². The van der Waals surface area contributed by atoms with E-state index in [1.54, 1.807) is 36.7 Å². The number of aromatic hydroxyl groups is 1. The zero-order valence-electron chi connectivity index (χ0n) is 15.7. The van der Waals surface area contributed by atoms with Gasteiger partial charge in [0.05, 0.1) is 12.8 Å². The summed E-state index contributed by atoms with van der Waals surface area (Å²) in [4.78, 5) is 21.5. The topological polar surface area (TPSA) is 65.9 Å².